The second kappa shape index (κ2) is 19.3. The summed E-state index contributed by atoms with van der Waals surface area (Å²) in [7, 11) is 0. The second-order valence-electron chi connectivity index (χ2n) is 26.6. The van der Waals surface area contributed by atoms with Gasteiger partial charge in [0.25, 0.3) is 6.71 Å². The van der Waals surface area contributed by atoms with Crippen LogP contribution in [0.4, 0.5) is 51.2 Å². The van der Waals surface area contributed by atoms with E-state index in [1.165, 1.54) is 128 Å². The highest BCUT2D eigenvalue weighted by Gasteiger charge is 2.44. The van der Waals surface area contributed by atoms with Gasteiger partial charge in [0, 0.05) is 62.0 Å². The van der Waals surface area contributed by atoms with E-state index in [0.717, 1.165) is 22.7 Å². The first-order chi connectivity index (χ1) is 39.1. The van der Waals surface area contributed by atoms with Crippen molar-refractivity contribution in [1.82, 2.24) is 4.57 Å². The Balaban J connectivity index is 1.09. The van der Waals surface area contributed by atoms with E-state index in [9.17, 15) is 0 Å². The highest BCUT2D eigenvalue weighted by molar-refractivity contribution is 7.00. The van der Waals surface area contributed by atoms with Gasteiger partial charge in [-0.15, -0.1) is 0 Å². The minimum atomic E-state index is -0.0690. The van der Waals surface area contributed by atoms with Crippen molar-refractivity contribution < 1.29 is 0 Å². The second-order valence-corrected chi connectivity index (χ2v) is 26.6. The summed E-state index contributed by atoms with van der Waals surface area (Å²) < 4.78 is 2.44. The predicted octanol–water partition coefficient (Wildman–Crippen LogP) is 19.4. The van der Waals surface area contributed by atoms with E-state index in [1.807, 2.05) is 0 Å². The molecule has 0 amide bonds. The van der Waals surface area contributed by atoms with Crippen LogP contribution in [0.25, 0.3) is 38.6 Å². The van der Waals surface area contributed by atoms with Crippen molar-refractivity contribution in [1.29, 1.82) is 0 Å². The van der Waals surface area contributed by atoms with E-state index in [0.29, 0.717) is 0 Å². The number of para-hydroxylation sites is 2. The molecule has 0 saturated heterocycles. The minimum absolute atomic E-state index is 0.00633. The van der Waals surface area contributed by atoms with Crippen LogP contribution in [0.2, 0.25) is 0 Å². The van der Waals surface area contributed by atoms with Crippen LogP contribution < -0.4 is 31.1 Å². The molecule has 0 spiro atoms. The van der Waals surface area contributed by atoms with Gasteiger partial charge in [-0.05, 0) is 208 Å². The van der Waals surface area contributed by atoms with Crippen molar-refractivity contribution in [2.75, 3.05) is 14.7 Å². The smallest absolute Gasteiger partial charge is 0.252 e. The lowest BCUT2D eigenvalue weighted by Gasteiger charge is -2.45. The van der Waals surface area contributed by atoms with E-state index >= 15 is 0 Å². The molecule has 0 bridgehead atoms. The fraction of sp³-hybridized carbons (Fsp3) is 0.221. The summed E-state index contributed by atoms with van der Waals surface area (Å²) >= 11 is 0. The quantitative estimate of drug-likeness (QED) is 0.148. The van der Waals surface area contributed by atoms with E-state index in [4.69, 9.17) is 0 Å². The summed E-state index contributed by atoms with van der Waals surface area (Å²) in [5.41, 5.74) is 30.6. The van der Waals surface area contributed by atoms with Gasteiger partial charge in [-0.3, -0.25) is 0 Å². The summed E-state index contributed by atoms with van der Waals surface area (Å²) in [6.45, 7) is 32.3. The Morgan fingerprint density at radius 1 is 0.366 bits per heavy atom. The first kappa shape index (κ1) is 52.8. The number of hydrogen-bond donors (Lipinski definition) is 0. The molecule has 82 heavy (non-hydrogen) atoms. The van der Waals surface area contributed by atoms with Crippen molar-refractivity contribution in [2.45, 2.75) is 113 Å². The zero-order chi connectivity index (χ0) is 57.3. The maximum Gasteiger partial charge on any atom is 0.252 e. The van der Waals surface area contributed by atoms with Crippen molar-refractivity contribution in [3.8, 4) is 16.8 Å². The van der Waals surface area contributed by atoms with Crippen molar-refractivity contribution in [3.05, 3.63) is 245 Å². The Hall–Kier alpha value is -8.54. The predicted molar refractivity (Wildman–Crippen MR) is 355 cm³/mol. The SMILES string of the molecule is Cc1cc2c3c(c1)N(c1cc(C)c(-c4ccccc4)c(C)c1)c1cc(C(C)(C)C)ccc1B3c1ccc(N(c3ccc4c5ccccc5n(-c5ccccc5)c4c3)c3c(C)cc(C(C)(C)C)cc3C)cc1N2c1ccc(C(C)(C)C)cc1. The summed E-state index contributed by atoms with van der Waals surface area (Å²) in [5.74, 6) is 0. The summed E-state index contributed by atoms with van der Waals surface area (Å²) in [5, 5.41) is 2.47. The fourth-order valence-electron chi connectivity index (χ4n) is 13.6. The van der Waals surface area contributed by atoms with Gasteiger partial charge in [0.05, 0.1) is 16.7 Å². The molecule has 5 heteroatoms. The molecule has 0 radical (unpaired) electrons. The number of nitrogens with zero attached hydrogens (tertiary/aromatic N) is 4. The highest BCUT2D eigenvalue weighted by atomic mass is 15.2. The van der Waals surface area contributed by atoms with Gasteiger partial charge in [-0.1, -0.05) is 178 Å². The molecule has 0 fully saturated rings. The highest BCUT2D eigenvalue weighted by Crippen LogP contribution is 2.50. The molecule has 406 valence electrons. The molecule has 2 aliphatic heterocycles. The third-order valence-electron chi connectivity index (χ3n) is 17.7. The maximum absolute atomic E-state index is 2.60. The van der Waals surface area contributed by atoms with Gasteiger partial charge in [0.1, 0.15) is 0 Å². The van der Waals surface area contributed by atoms with Gasteiger partial charge in [0.15, 0.2) is 0 Å². The molecule has 13 rings (SSSR count). The summed E-state index contributed by atoms with van der Waals surface area (Å²) in [6.07, 6.45) is 0. The van der Waals surface area contributed by atoms with Crippen molar-refractivity contribution in [3.63, 3.8) is 0 Å². The molecular weight excluding hydrogens is 992 g/mol. The van der Waals surface area contributed by atoms with Gasteiger partial charge < -0.3 is 19.3 Å². The van der Waals surface area contributed by atoms with E-state index in [2.05, 4.69) is 316 Å². The van der Waals surface area contributed by atoms with Crippen LogP contribution in [0.5, 0.6) is 0 Å². The standard InChI is InChI=1S/C77H75BN4/c1-48-39-70-73-71(40-48)82(61-43-49(2)72(50(3)44-61)53-23-17-15-18-24-53)68-45-55(76(9,10)11)31-37-64(68)78(73)65-38-35-60(47-69(65)81(70)58-32-29-54(30-33-58)75(6,7)8)79(74-51(4)41-56(42-52(74)5)77(12,13)14)59-34-36-63-62-27-21-22-28-66(62)80(67(63)46-59)57-25-19-16-20-26-57/h15-47H,1-14H3. The molecule has 11 aromatic rings. The Labute approximate surface area is 487 Å². The summed E-state index contributed by atoms with van der Waals surface area (Å²) in [6, 6.07) is 76.5. The Morgan fingerprint density at radius 3 is 1.50 bits per heavy atom. The summed E-state index contributed by atoms with van der Waals surface area (Å²) in [4.78, 5) is 7.74. The lowest BCUT2D eigenvalue weighted by molar-refractivity contribution is 0.589. The molecule has 10 aromatic carbocycles. The van der Waals surface area contributed by atoms with Crippen LogP contribution in [0.15, 0.2) is 200 Å². The maximum atomic E-state index is 2.60. The van der Waals surface area contributed by atoms with E-state index < -0.39 is 0 Å². The molecule has 1 aromatic heterocycles. The largest absolute Gasteiger partial charge is 0.311 e. The van der Waals surface area contributed by atoms with Crippen LogP contribution >= 0.6 is 0 Å². The Bertz CT molecular complexity index is 4290. The third kappa shape index (κ3) is 8.74. The third-order valence-corrected chi connectivity index (χ3v) is 17.7. The molecule has 0 saturated carbocycles. The van der Waals surface area contributed by atoms with Crippen LogP contribution in [-0.4, -0.2) is 11.3 Å². The number of aryl methyl sites for hydroxylation is 5. The van der Waals surface area contributed by atoms with Crippen molar-refractivity contribution in [2.24, 2.45) is 0 Å². The number of rotatable bonds is 7. The zero-order valence-corrected chi connectivity index (χ0v) is 50.4. The fourth-order valence-corrected chi connectivity index (χ4v) is 13.6. The number of benzene rings is 10. The number of hydrogen-bond acceptors (Lipinski definition) is 3. The average molecular weight is 1070 g/mol. The van der Waals surface area contributed by atoms with Crippen LogP contribution in [0.1, 0.15) is 107 Å². The normalized spacial score (nSPS) is 13.2. The molecular formula is C77H75BN4. The zero-order valence-electron chi connectivity index (χ0n) is 50.4. The van der Waals surface area contributed by atoms with Gasteiger partial charge >= 0.3 is 0 Å². The first-order valence-electron chi connectivity index (χ1n) is 29.4. The van der Waals surface area contributed by atoms with Crippen molar-refractivity contribution >= 4 is 96.1 Å². The average Bonchev–Trinajstić information content (AvgIpc) is 1.15. The Kier molecular flexibility index (Phi) is 12.4. The molecule has 0 atom stereocenters. The van der Waals surface area contributed by atoms with Crippen LogP contribution in [0.3, 0.4) is 0 Å². The Morgan fingerprint density at radius 2 is 0.878 bits per heavy atom. The van der Waals surface area contributed by atoms with Gasteiger partial charge in [-0.2, -0.15) is 0 Å². The molecule has 0 N–H and O–H groups in total. The lowest BCUT2D eigenvalue weighted by atomic mass is 9.33. The van der Waals surface area contributed by atoms with E-state index in [-0.39, 0.29) is 23.0 Å². The van der Waals surface area contributed by atoms with Gasteiger partial charge in [0.2, 0.25) is 0 Å². The van der Waals surface area contributed by atoms with Crippen LogP contribution in [-0.2, 0) is 16.2 Å². The first-order valence-corrected chi connectivity index (χ1v) is 29.4. The van der Waals surface area contributed by atoms with E-state index in [1.54, 1.807) is 0 Å². The van der Waals surface area contributed by atoms with Crippen LogP contribution in [0, 0.1) is 34.6 Å². The van der Waals surface area contributed by atoms with Gasteiger partial charge in [-0.25, -0.2) is 0 Å². The number of aromatic nitrogens is 1. The molecule has 4 nitrogen and oxygen atoms in total. The molecule has 3 heterocycles. The molecule has 0 aliphatic carbocycles. The number of fused-ring (bicyclic) bond motifs is 7. The molecule has 2 aliphatic rings. The monoisotopic (exact) mass is 1070 g/mol. The topological polar surface area (TPSA) is 14.7 Å². The lowest BCUT2D eigenvalue weighted by Crippen LogP contribution is -2.61. The minimum Gasteiger partial charge on any atom is -0.311 e. The number of anilines is 9. The molecule has 0 unspecified atom stereocenters.